The van der Waals surface area contributed by atoms with Gasteiger partial charge in [0.25, 0.3) is 0 Å². The van der Waals surface area contributed by atoms with Gasteiger partial charge in [0.05, 0.1) is 0 Å². The number of nitrogens with zero attached hydrogens (tertiary/aromatic N) is 2. The minimum Gasteiger partial charge on any atom is -0.298 e. The van der Waals surface area contributed by atoms with Crippen LogP contribution in [0.3, 0.4) is 0 Å². The Balaban J connectivity index is 2.54. The van der Waals surface area contributed by atoms with Gasteiger partial charge in [0, 0.05) is 34.1 Å². The van der Waals surface area contributed by atoms with Gasteiger partial charge in [0.2, 0.25) is 0 Å². The summed E-state index contributed by atoms with van der Waals surface area (Å²) in [7, 11) is 0. The molecular formula is C12H9ClN2O. The van der Waals surface area contributed by atoms with E-state index >= 15 is 0 Å². The van der Waals surface area contributed by atoms with Crippen molar-refractivity contribution in [2.75, 3.05) is 0 Å². The van der Waals surface area contributed by atoms with Gasteiger partial charge in [-0.15, -0.1) is 0 Å². The van der Waals surface area contributed by atoms with Gasteiger partial charge in [-0.25, -0.2) is 9.97 Å². The predicted molar refractivity (Wildman–Crippen MR) is 62.6 cm³/mol. The summed E-state index contributed by atoms with van der Waals surface area (Å²) >= 11 is 6.06. The molecule has 0 saturated carbocycles. The van der Waals surface area contributed by atoms with Gasteiger partial charge in [0.1, 0.15) is 12.1 Å². The van der Waals surface area contributed by atoms with Crippen LogP contribution in [0.15, 0.2) is 30.6 Å². The summed E-state index contributed by atoms with van der Waals surface area (Å²) in [6.45, 7) is 1.81. The zero-order chi connectivity index (χ0) is 11.5. The smallest absolute Gasteiger partial charge is 0.150 e. The van der Waals surface area contributed by atoms with Crippen molar-refractivity contribution < 1.29 is 4.79 Å². The summed E-state index contributed by atoms with van der Waals surface area (Å²) < 4.78 is 0. The largest absolute Gasteiger partial charge is 0.298 e. The van der Waals surface area contributed by atoms with Crippen molar-refractivity contribution in [1.29, 1.82) is 0 Å². The predicted octanol–water partition coefficient (Wildman–Crippen LogP) is 2.92. The van der Waals surface area contributed by atoms with Crippen LogP contribution in [0.2, 0.25) is 5.02 Å². The van der Waals surface area contributed by atoms with E-state index in [1.54, 1.807) is 30.6 Å². The Morgan fingerprint density at radius 1 is 1.25 bits per heavy atom. The van der Waals surface area contributed by atoms with Gasteiger partial charge >= 0.3 is 0 Å². The van der Waals surface area contributed by atoms with Crippen molar-refractivity contribution in [3.63, 3.8) is 0 Å². The average Bonchev–Trinajstić information content (AvgIpc) is 2.31. The number of hydrogen-bond acceptors (Lipinski definition) is 3. The summed E-state index contributed by atoms with van der Waals surface area (Å²) in [5, 5.41) is 0.582. The highest BCUT2D eigenvalue weighted by molar-refractivity contribution is 6.33. The molecule has 2 rings (SSSR count). The van der Waals surface area contributed by atoms with Crippen molar-refractivity contribution in [3.05, 3.63) is 47.0 Å². The fourth-order valence-corrected chi connectivity index (χ4v) is 1.60. The second-order valence-electron chi connectivity index (χ2n) is 3.38. The Kier molecular flexibility index (Phi) is 2.97. The van der Waals surface area contributed by atoms with Crippen molar-refractivity contribution >= 4 is 17.9 Å². The minimum absolute atomic E-state index is 0.582. The minimum atomic E-state index is 0.582. The molecule has 0 aliphatic carbocycles. The van der Waals surface area contributed by atoms with Crippen LogP contribution in [0.4, 0.5) is 0 Å². The second-order valence-corrected chi connectivity index (χ2v) is 3.78. The zero-order valence-electron chi connectivity index (χ0n) is 8.64. The highest BCUT2D eigenvalue weighted by atomic mass is 35.5. The van der Waals surface area contributed by atoms with Gasteiger partial charge in [-0.3, -0.25) is 4.79 Å². The molecule has 1 aromatic carbocycles. The van der Waals surface area contributed by atoms with Crippen molar-refractivity contribution in [3.8, 4) is 11.1 Å². The molecule has 0 aliphatic rings. The van der Waals surface area contributed by atoms with Crippen molar-refractivity contribution in [2.24, 2.45) is 0 Å². The van der Waals surface area contributed by atoms with Crippen LogP contribution in [-0.2, 0) is 0 Å². The zero-order valence-corrected chi connectivity index (χ0v) is 9.40. The summed E-state index contributed by atoms with van der Waals surface area (Å²) in [4.78, 5) is 18.9. The highest BCUT2D eigenvalue weighted by Gasteiger charge is 2.05. The average molecular weight is 233 g/mol. The van der Waals surface area contributed by atoms with Crippen molar-refractivity contribution in [1.82, 2.24) is 9.97 Å². The van der Waals surface area contributed by atoms with Gasteiger partial charge in [-0.05, 0) is 19.1 Å². The number of benzene rings is 1. The molecule has 0 atom stereocenters. The van der Waals surface area contributed by atoms with E-state index in [0.29, 0.717) is 16.4 Å². The maximum atomic E-state index is 10.7. The first-order valence-corrected chi connectivity index (χ1v) is 5.12. The SMILES string of the molecule is Cc1ncc(-c2cc(C=O)ccc2Cl)cn1. The molecule has 0 aliphatic heterocycles. The lowest BCUT2D eigenvalue weighted by atomic mass is 10.1. The van der Waals surface area contributed by atoms with Crippen LogP contribution in [0.1, 0.15) is 16.2 Å². The third kappa shape index (κ3) is 2.09. The number of hydrogen-bond donors (Lipinski definition) is 0. The molecular weight excluding hydrogens is 224 g/mol. The normalized spacial score (nSPS) is 10.1. The van der Waals surface area contributed by atoms with E-state index < -0.39 is 0 Å². The molecule has 0 spiro atoms. The van der Waals surface area contributed by atoms with Crippen LogP contribution >= 0.6 is 11.6 Å². The number of carbonyl (C=O) groups is 1. The number of halogens is 1. The fraction of sp³-hybridized carbons (Fsp3) is 0.0833. The number of carbonyl (C=O) groups excluding carboxylic acids is 1. The number of aldehydes is 1. The number of aryl methyl sites for hydroxylation is 1. The molecule has 1 aromatic heterocycles. The lowest BCUT2D eigenvalue weighted by molar-refractivity contribution is 0.112. The van der Waals surface area contributed by atoms with Gasteiger partial charge < -0.3 is 0 Å². The summed E-state index contributed by atoms with van der Waals surface area (Å²) in [6.07, 6.45) is 4.17. The van der Waals surface area contributed by atoms with E-state index in [9.17, 15) is 4.79 Å². The standard InChI is InChI=1S/C12H9ClN2O/c1-8-14-5-10(6-15-8)11-4-9(7-16)2-3-12(11)13/h2-7H,1H3. The first-order chi connectivity index (χ1) is 7.70. The highest BCUT2D eigenvalue weighted by Crippen LogP contribution is 2.27. The Morgan fingerprint density at radius 3 is 2.56 bits per heavy atom. The molecule has 80 valence electrons. The summed E-state index contributed by atoms with van der Waals surface area (Å²) in [5.41, 5.74) is 2.16. The first kappa shape index (κ1) is 10.8. The molecule has 16 heavy (non-hydrogen) atoms. The molecule has 2 aromatic rings. The molecule has 0 saturated heterocycles. The molecule has 0 amide bonds. The lowest BCUT2D eigenvalue weighted by Crippen LogP contribution is -1.89. The Hall–Kier alpha value is -1.74. The molecule has 0 radical (unpaired) electrons. The van der Waals surface area contributed by atoms with Gasteiger partial charge in [-0.2, -0.15) is 0 Å². The fourth-order valence-electron chi connectivity index (χ4n) is 1.37. The Morgan fingerprint density at radius 2 is 1.94 bits per heavy atom. The van der Waals surface area contributed by atoms with Crippen LogP contribution < -0.4 is 0 Å². The van der Waals surface area contributed by atoms with E-state index in [1.165, 1.54) is 0 Å². The third-order valence-corrected chi connectivity index (χ3v) is 2.55. The molecule has 0 fully saturated rings. The van der Waals surface area contributed by atoms with Gasteiger partial charge in [0.15, 0.2) is 0 Å². The van der Waals surface area contributed by atoms with Crippen LogP contribution in [0.25, 0.3) is 11.1 Å². The summed E-state index contributed by atoms with van der Waals surface area (Å²) in [6, 6.07) is 5.09. The van der Waals surface area contributed by atoms with Crippen LogP contribution in [0, 0.1) is 6.92 Å². The maximum absolute atomic E-state index is 10.7. The first-order valence-electron chi connectivity index (χ1n) is 4.74. The van der Waals surface area contributed by atoms with Crippen molar-refractivity contribution in [2.45, 2.75) is 6.92 Å². The molecule has 0 unspecified atom stereocenters. The number of aromatic nitrogens is 2. The third-order valence-electron chi connectivity index (χ3n) is 2.22. The van der Waals surface area contributed by atoms with E-state index in [0.717, 1.165) is 17.4 Å². The van der Waals surface area contributed by atoms with E-state index in [1.807, 2.05) is 6.92 Å². The van der Waals surface area contributed by atoms with Crippen LogP contribution in [0.5, 0.6) is 0 Å². The maximum Gasteiger partial charge on any atom is 0.150 e. The molecule has 0 N–H and O–H groups in total. The molecule has 4 heteroatoms. The lowest BCUT2D eigenvalue weighted by Gasteiger charge is -2.04. The van der Waals surface area contributed by atoms with E-state index in [2.05, 4.69) is 9.97 Å². The topological polar surface area (TPSA) is 42.9 Å². The summed E-state index contributed by atoms with van der Waals surface area (Å²) in [5.74, 6) is 0.700. The van der Waals surface area contributed by atoms with Gasteiger partial charge in [-0.1, -0.05) is 17.7 Å². The van der Waals surface area contributed by atoms with E-state index in [4.69, 9.17) is 11.6 Å². The Labute approximate surface area is 98.1 Å². The molecule has 1 heterocycles. The molecule has 3 nitrogen and oxygen atoms in total. The Bertz CT molecular complexity index is 523. The van der Waals surface area contributed by atoms with E-state index in [-0.39, 0.29) is 0 Å². The monoisotopic (exact) mass is 232 g/mol. The molecule has 0 bridgehead atoms. The quantitative estimate of drug-likeness (QED) is 0.748. The van der Waals surface area contributed by atoms with Crippen LogP contribution in [-0.4, -0.2) is 16.3 Å². The second kappa shape index (κ2) is 4.41. The number of rotatable bonds is 2.